The zero-order chi connectivity index (χ0) is 18.8. The molecular weight excluding hydrogens is 379 g/mol. The van der Waals surface area contributed by atoms with Crippen LogP contribution in [-0.2, 0) is 11.2 Å². The van der Waals surface area contributed by atoms with Crippen LogP contribution in [0.3, 0.4) is 0 Å². The number of aromatic nitrogens is 1. The van der Waals surface area contributed by atoms with Crippen LogP contribution in [0.2, 0.25) is 10.0 Å². The average molecular weight is 403 g/mol. The SMILES string of the molecule is O=C1CCCN1C1CCCC(Cc2c(Cl)cc(-c3cccnc3)cc2Cl)C1. The fourth-order valence-electron chi connectivity index (χ4n) is 4.57. The number of likely N-dealkylation sites (tertiary alicyclic amines) is 1. The Morgan fingerprint density at radius 2 is 1.93 bits per heavy atom. The molecule has 1 aliphatic heterocycles. The zero-order valence-electron chi connectivity index (χ0n) is 15.3. The third kappa shape index (κ3) is 4.14. The Hall–Kier alpha value is -1.58. The average Bonchev–Trinajstić information content (AvgIpc) is 3.11. The molecule has 3 nitrogen and oxygen atoms in total. The van der Waals surface area contributed by atoms with Crippen molar-refractivity contribution in [1.82, 2.24) is 9.88 Å². The van der Waals surface area contributed by atoms with Gasteiger partial charge in [-0.3, -0.25) is 9.78 Å². The number of carbonyl (C=O) groups excluding carboxylic acids is 1. The topological polar surface area (TPSA) is 33.2 Å². The Labute approximate surface area is 170 Å². The van der Waals surface area contributed by atoms with E-state index in [1.54, 1.807) is 6.20 Å². The normalized spacial score (nSPS) is 23.0. The molecule has 2 aromatic rings. The van der Waals surface area contributed by atoms with Gasteiger partial charge in [0.15, 0.2) is 0 Å². The van der Waals surface area contributed by atoms with Gasteiger partial charge in [-0.15, -0.1) is 0 Å². The van der Waals surface area contributed by atoms with Crippen LogP contribution in [0.15, 0.2) is 36.7 Å². The summed E-state index contributed by atoms with van der Waals surface area (Å²) in [5.41, 5.74) is 3.04. The number of pyridine rings is 1. The highest BCUT2D eigenvalue weighted by molar-refractivity contribution is 6.36. The van der Waals surface area contributed by atoms with Gasteiger partial charge in [0.05, 0.1) is 0 Å². The number of amides is 1. The highest BCUT2D eigenvalue weighted by Crippen LogP contribution is 2.37. The van der Waals surface area contributed by atoms with Gasteiger partial charge in [-0.1, -0.05) is 35.7 Å². The third-order valence-corrected chi connectivity index (χ3v) is 6.61. The number of hydrogen-bond acceptors (Lipinski definition) is 2. The van der Waals surface area contributed by atoms with E-state index in [0.29, 0.717) is 24.3 Å². The van der Waals surface area contributed by atoms with Crippen LogP contribution in [0.5, 0.6) is 0 Å². The van der Waals surface area contributed by atoms with E-state index >= 15 is 0 Å². The van der Waals surface area contributed by atoms with Crippen molar-refractivity contribution in [3.63, 3.8) is 0 Å². The first-order valence-corrected chi connectivity index (χ1v) is 10.5. The van der Waals surface area contributed by atoms with E-state index in [-0.39, 0.29) is 0 Å². The second kappa shape index (κ2) is 8.20. The number of benzene rings is 1. The summed E-state index contributed by atoms with van der Waals surface area (Å²) in [6.07, 6.45) is 10.7. The first-order valence-electron chi connectivity index (χ1n) is 9.79. The van der Waals surface area contributed by atoms with Crippen LogP contribution in [-0.4, -0.2) is 28.4 Å². The van der Waals surface area contributed by atoms with Crippen molar-refractivity contribution >= 4 is 29.1 Å². The molecule has 0 radical (unpaired) electrons. The summed E-state index contributed by atoms with van der Waals surface area (Å²) in [4.78, 5) is 18.4. The first kappa shape index (κ1) is 18.8. The molecule has 2 unspecified atom stereocenters. The molecule has 0 spiro atoms. The molecule has 1 saturated carbocycles. The largest absolute Gasteiger partial charge is 0.340 e. The molecule has 0 bridgehead atoms. The van der Waals surface area contributed by atoms with Crippen LogP contribution in [0.4, 0.5) is 0 Å². The summed E-state index contributed by atoms with van der Waals surface area (Å²) in [6.45, 7) is 0.928. The zero-order valence-corrected chi connectivity index (χ0v) is 16.8. The summed E-state index contributed by atoms with van der Waals surface area (Å²) in [6, 6.07) is 8.29. The maximum absolute atomic E-state index is 12.1. The lowest BCUT2D eigenvalue weighted by Crippen LogP contribution is -2.39. The van der Waals surface area contributed by atoms with Gasteiger partial charge in [0.1, 0.15) is 0 Å². The lowest BCUT2D eigenvalue weighted by Gasteiger charge is -2.35. The Kier molecular flexibility index (Phi) is 5.70. The summed E-state index contributed by atoms with van der Waals surface area (Å²) in [7, 11) is 0. The fourth-order valence-corrected chi connectivity index (χ4v) is 5.21. The monoisotopic (exact) mass is 402 g/mol. The Morgan fingerprint density at radius 3 is 2.59 bits per heavy atom. The van der Waals surface area contributed by atoms with Gasteiger partial charge < -0.3 is 4.90 Å². The maximum Gasteiger partial charge on any atom is 0.222 e. The molecule has 2 aliphatic rings. The molecule has 1 aliphatic carbocycles. The highest BCUT2D eigenvalue weighted by Gasteiger charge is 2.32. The molecule has 2 atom stereocenters. The Balaban J connectivity index is 1.49. The molecule has 27 heavy (non-hydrogen) atoms. The number of carbonyl (C=O) groups is 1. The van der Waals surface area contributed by atoms with Crippen LogP contribution in [0.25, 0.3) is 11.1 Å². The minimum absolute atomic E-state index is 0.331. The predicted octanol–water partition coefficient (Wildman–Crippen LogP) is 5.78. The highest BCUT2D eigenvalue weighted by atomic mass is 35.5. The molecule has 4 rings (SSSR count). The van der Waals surface area contributed by atoms with Gasteiger partial charge in [0, 0.05) is 47.0 Å². The van der Waals surface area contributed by atoms with E-state index < -0.39 is 0 Å². The van der Waals surface area contributed by atoms with E-state index in [9.17, 15) is 4.79 Å². The summed E-state index contributed by atoms with van der Waals surface area (Å²) < 4.78 is 0. The summed E-state index contributed by atoms with van der Waals surface area (Å²) >= 11 is 13.2. The van der Waals surface area contributed by atoms with Gasteiger partial charge in [-0.25, -0.2) is 0 Å². The number of hydrogen-bond donors (Lipinski definition) is 0. The van der Waals surface area contributed by atoms with Gasteiger partial charge in [0.25, 0.3) is 0 Å². The minimum Gasteiger partial charge on any atom is -0.340 e. The molecule has 1 amide bonds. The summed E-state index contributed by atoms with van der Waals surface area (Å²) in [5.74, 6) is 0.855. The second-order valence-electron chi connectivity index (χ2n) is 7.74. The molecule has 1 aromatic heterocycles. The molecule has 5 heteroatoms. The van der Waals surface area contributed by atoms with Gasteiger partial charge in [0.2, 0.25) is 5.91 Å². The number of rotatable bonds is 4. The smallest absolute Gasteiger partial charge is 0.222 e. The standard InChI is InChI=1S/C22H24Cl2N2O/c23-20-12-17(16-5-2-8-25-14-16)13-21(24)19(20)11-15-4-1-6-18(10-15)26-9-3-7-22(26)27/h2,5,8,12-15,18H,1,3-4,6-7,9-11H2. The number of halogens is 2. The van der Waals surface area contributed by atoms with E-state index in [1.807, 2.05) is 30.5 Å². The van der Waals surface area contributed by atoms with Crippen molar-refractivity contribution in [3.8, 4) is 11.1 Å². The van der Waals surface area contributed by atoms with Crippen LogP contribution in [0.1, 0.15) is 44.1 Å². The first-order chi connectivity index (χ1) is 13.1. The second-order valence-corrected chi connectivity index (χ2v) is 8.56. The fraction of sp³-hybridized carbons (Fsp3) is 0.455. The van der Waals surface area contributed by atoms with Crippen molar-refractivity contribution < 1.29 is 4.79 Å². The molecule has 1 saturated heterocycles. The minimum atomic E-state index is 0.331. The van der Waals surface area contributed by atoms with Crippen molar-refractivity contribution in [3.05, 3.63) is 52.3 Å². The van der Waals surface area contributed by atoms with E-state index in [4.69, 9.17) is 23.2 Å². The van der Waals surface area contributed by atoms with Crippen LogP contribution < -0.4 is 0 Å². The van der Waals surface area contributed by atoms with Gasteiger partial charge in [-0.2, -0.15) is 0 Å². The Bertz CT molecular complexity index is 801. The van der Waals surface area contributed by atoms with Crippen molar-refractivity contribution in [2.45, 2.75) is 51.0 Å². The van der Waals surface area contributed by atoms with Crippen molar-refractivity contribution in [2.24, 2.45) is 5.92 Å². The third-order valence-electron chi connectivity index (χ3n) is 5.93. The molecule has 1 aromatic carbocycles. The van der Waals surface area contributed by atoms with Crippen molar-refractivity contribution in [1.29, 1.82) is 0 Å². The summed E-state index contributed by atoms with van der Waals surface area (Å²) in [5, 5.41) is 1.45. The lowest BCUT2D eigenvalue weighted by atomic mass is 9.81. The van der Waals surface area contributed by atoms with Crippen LogP contribution in [0, 0.1) is 5.92 Å². The van der Waals surface area contributed by atoms with E-state index in [0.717, 1.165) is 59.0 Å². The maximum atomic E-state index is 12.1. The molecule has 2 fully saturated rings. The van der Waals surface area contributed by atoms with Crippen molar-refractivity contribution in [2.75, 3.05) is 6.54 Å². The van der Waals surface area contributed by atoms with E-state index in [1.165, 1.54) is 12.8 Å². The van der Waals surface area contributed by atoms with Gasteiger partial charge in [-0.05, 0) is 67.3 Å². The Morgan fingerprint density at radius 1 is 1.11 bits per heavy atom. The van der Waals surface area contributed by atoms with Crippen LogP contribution >= 0.6 is 23.2 Å². The molecule has 2 heterocycles. The van der Waals surface area contributed by atoms with E-state index in [2.05, 4.69) is 9.88 Å². The molecular formula is C22H24Cl2N2O. The quantitative estimate of drug-likeness (QED) is 0.649. The molecule has 142 valence electrons. The number of nitrogens with zero attached hydrogens (tertiary/aromatic N) is 2. The lowest BCUT2D eigenvalue weighted by molar-refractivity contribution is -0.130. The predicted molar refractivity (Wildman–Crippen MR) is 110 cm³/mol. The molecule has 0 N–H and O–H groups in total. The van der Waals surface area contributed by atoms with Gasteiger partial charge >= 0.3 is 0 Å².